The molecule has 0 bridgehead atoms. The topological polar surface area (TPSA) is 29.1 Å². The molecule has 23 heavy (non-hydrogen) atoms. The molecule has 0 heterocycles. The van der Waals surface area contributed by atoms with Crippen molar-refractivity contribution in [2.75, 3.05) is 0 Å². The summed E-state index contributed by atoms with van der Waals surface area (Å²) in [6, 6.07) is 8.67. The van der Waals surface area contributed by atoms with E-state index in [-0.39, 0.29) is 12.0 Å². The Morgan fingerprint density at radius 2 is 1.61 bits per heavy atom. The molecule has 0 aliphatic carbocycles. The molecule has 0 saturated heterocycles. The molecular formula is C17H15F4NO. The van der Waals surface area contributed by atoms with E-state index in [1.54, 1.807) is 24.3 Å². The van der Waals surface area contributed by atoms with E-state index < -0.39 is 23.9 Å². The summed E-state index contributed by atoms with van der Waals surface area (Å²) in [5.41, 5.74) is 1.40. The third kappa shape index (κ3) is 4.81. The summed E-state index contributed by atoms with van der Waals surface area (Å²) in [6.07, 6.45) is -4.82. The van der Waals surface area contributed by atoms with E-state index in [1.807, 2.05) is 12.2 Å². The highest BCUT2D eigenvalue weighted by molar-refractivity contribution is 5.79. The fourth-order valence-electron chi connectivity index (χ4n) is 2.11. The van der Waals surface area contributed by atoms with Crippen molar-refractivity contribution >= 4 is 5.91 Å². The van der Waals surface area contributed by atoms with Gasteiger partial charge in [0.15, 0.2) is 6.04 Å². The van der Waals surface area contributed by atoms with Crippen LogP contribution in [0.3, 0.4) is 0 Å². The van der Waals surface area contributed by atoms with Crippen molar-refractivity contribution in [1.29, 1.82) is 0 Å². The normalized spacial score (nSPS) is 12.7. The number of aryl methyl sites for hydroxylation is 1. The minimum absolute atomic E-state index is 0.159. The van der Waals surface area contributed by atoms with Gasteiger partial charge in [-0.3, -0.25) is 4.79 Å². The Kier molecular flexibility index (Phi) is 5.03. The summed E-state index contributed by atoms with van der Waals surface area (Å²) >= 11 is 0. The second kappa shape index (κ2) is 6.81. The van der Waals surface area contributed by atoms with Crippen LogP contribution in [0.4, 0.5) is 17.6 Å². The molecule has 0 fully saturated rings. The van der Waals surface area contributed by atoms with Crippen LogP contribution in [-0.4, -0.2) is 12.1 Å². The van der Waals surface area contributed by atoms with Gasteiger partial charge in [-0.05, 0) is 30.2 Å². The second-order valence-corrected chi connectivity index (χ2v) is 5.26. The van der Waals surface area contributed by atoms with Crippen molar-refractivity contribution in [3.63, 3.8) is 0 Å². The molecule has 1 unspecified atom stereocenters. The predicted molar refractivity (Wildman–Crippen MR) is 78.2 cm³/mol. The molecule has 2 rings (SSSR count). The predicted octanol–water partition coefficient (Wildman–Crippen LogP) is 4.10. The number of rotatable bonds is 4. The Morgan fingerprint density at radius 1 is 1.04 bits per heavy atom. The van der Waals surface area contributed by atoms with Gasteiger partial charge in [-0.25, -0.2) is 4.39 Å². The zero-order valence-corrected chi connectivity index (χ0v) is 12.3. The minimum atomic E-state index is -4.67. The van der Waals surface area contributed by atoms with Crippen LogP contribution >= 0.6 is 0 Å². The van der Waals surface area contributed by atoms with Gasteiger partial charge in [-0.2, -0.15) is 13.2 Å². The molecule has 2 aromatic rings. The van der Waals surface area contributed by atoms with Gasteiger partial charge in [0.05, 0.1) is 6.42 Å². The van der Waals surface area contributed by atoms with Gasteiger partial charge >= 0.3 is 6.18 Å². The fraction of sp³-hybridized carbons (Fsp3) is 0.235. The van der Waals surface area contributed by atoms with Gasteiger partial charge in [-0.1, -0.05) is 42.0 Å². The maximum atomic E-state index is 13.1. The molecule has 1 amide bonds. The van der Waals surface area contributed by atoms with Crippen LogP contribution in [-0.2, 0) is 11.2 Å². The Hall–Kier alpha value is -2.37. The lowest BCUT2D eigenvalue weighted by Crippen LogP contribution is -2.38. The maximum absolute atomic E-state index is 13.1. The molecule has 1 N–H and O–H groups in total. The van der Waals surface area contributed by atoms with Gasteiger partial charge < -0.3 is 5.32 Å². The largest absolute Gasteiger partial charge is 0.412 e. The first-order chi connectivity index (χ1) is 10.8. The Balaban J connectivity index is 2.13. The average Bonchev–Trinajstić information content (AvgIpc) is 2.47. The maximum Gasteiger partial charge on any atom is 0.412 e. The van der Waals surface area contributed by atoms with E-state index in [4.69, 9.17) is 0 Å². The number of nitrogens with one attached hydrogen (secondary N) is 1. The average molecular weight is 325 g/mol. The first-order valence-electron chi connectivity index (χ1n) is 6.93. The van der Waals surface area contributed by atoms with Crippen LogP contribution in [0.15, 0.2) is 48.5 Å². The Morgan fingerprint density at radius 3 is 2.13 bits per heavy atom. The molecule has 0 aliphatic heterocycles. The van der Waals surface area contributed by atoms with E-state index in [9.17, 15) is 22.4 Å². The first kappa shape index (κ1) is 17.0. The highest BCUT2D eigenvalue weighted by atomic mass is 19.4. The van der Waals surface area contributed by atoms with Crippen LogP contribution in [0.1, 0.15) is 22.7 Å². The summed E-state index contributed by atoms with van der Waals surface area (Å²) in [7, 11) is 0. The second-order valence-electron chi connectivity index (χ2n) is 5.26. The molecule has 0 aliphatic rings. The van der Waals surface area contributed by atoms with E-state index in [2.05, 4.69) is 0 Å². The van der Waals surface area contributed by atoms with Crippen molar-refractivity contribution in [2.45, 2.75) is 25.6 Å². The first-order valence-corrected chi connectivity index (χ1v) is 6.93. The highest BCUT2D eigenvalue weighted by Crippen LogP contribution is 2.32. The number of carbonyl (C=O) groups is 1. The van der Waals surface area contributed by atoms with Gasteiger partial charge in [0, 0.05) is 0 Å². The van der Waals surface area contributed by atoms with Crippen LogP contribution in [0, 0.1) is 12.7 Å². The molecule has 0 spiro atoms. The molecule has 0 saturated carbocycles. The number of hydrogen-bond donors (Lipinski definition) is 1. The SMILES string of the molecule is Cc1ccc(CC(=O)NC(c2ccc(F)cc2)C(F)(F)F)cc1. The summed E-state index contributed by atoms with van der Waals surface area (Å²) in [6.45, 7) is 1.87. The van der Waals surface area contributed by atoms with Crippen LogP contribution in [0.25, 0.3) is 0 Å². The molecule has 122 valence electrons. The van der Waals surface area contributed by atoms with Crippen LogP contribution in [0.5, 0.6) is 0 Å². The molecule has 6 heteroatoms. The smallest absolute Gasteiger partial charge is 0.341 e. The van der Waals surface area contributed by atoms with Gasteiger partial charge in [0.2, 0.25) is 5.91 Å². The minimum Gasteiger partial charge on any atom is -0.341 e. The lowest BCUT2D eigenvalue weighted by Gasteiger charge is -2.22. The van der Waals surface area contributed by atoms with Crippen molar-refractivity contribution in [3.8, 4) is 0 Å². The fourth-order valence-corrected chi connectivity index (χ4v) is 2.11. The van der Waals surface area contributed by atoms with Gasteiger partial charge in [0.25, 0.3) is 0 Å². The Labute approximate surface area is 131 Å². The number of alkyl halides is 3. The zero-order chi connectivity index (χ0) is 17.0. The number of carbonyl (C=O) groups excluding carboxylic acids is 1. The van der Waals surface area contributed by atoms with Crippen molar-refractivity contribution < 1.29 is 22.4 Å². The molecule has 2 aromatic carbocycles. The monoisotopic (exact) mass is 325 g/mol. The van der Waals surface area contributed by atoms with E-state index >= 15 is 0 Å². The third-order valence-electron chi connectivity index (χ3n) is 3.32. The number of halogens is 4. The van der Waals surface area contributed by atoms with Crippen LogP contribution < -0.4 is 5.32 Å². The van der Waals surface area contributed by atoms with Gasteiger partial charge in [-0.15, -0.1) is 0 Å². The Bertz CT molecular complexity index is 662. The summed E-state index contributed by atoms with van der Waals surface area (Å²) in [5.74, 6) is -1.39. The third-order valence-corrected chi connectivity index (χ3v) is 3.32. The number of amides is 1. The highest BCUT2D eigenvalue weighted by Gasteiger charge is 2.41. The van der Waals surface area contributed by atoms with E-state index in [0.717, 1.165) is 29.8 Å². The molecule has 2 nitrogen and oxygen atoms in total. The standard InChI is InChI=1S/C17H15F4NO/c1-11-2-4-12(5-3-11)10-15(23)22-16(17(19,20)21)13-6-8-14(18)9-7-13/h2-9,16H,10H2,1H3,(H,22,23). The summed E-state index contributed by atoms with van der Waals surface area (Å²) in [5, 5.41) is 1.97. The molecule has 1 atom stereocenters. The molecule has 0 radical (unpaired) electrons. The number of hydrogen-bond acceptors (Lipinski definition) is 1. The van der Waals surface area contributed by atoms with Crippen molar-refractivity contribution in [3.05, 3.63) is 71.0 Å². The van der Waals surface area contributed by atoms with Gasteiger partial charge in [0.1, 0.15) is 5.82 Å². The van der Waals surface area contributed by atoms with E-state index in [0.29, 0.717) is 5.56 Å². The van der Waals surface area contributed by atoms with Crippen molar-refractivity contribution in [1.82, 2.24) is 5.32 Å². The summed E-state index contributed by atoms with van der Waals surface area (Å²) in [4.78, 5) is 11.9. The lowest BCUT2D eigenvalue weighted by atomic mass is 10.1. The molecular weight excluding hydrogens is 310 g/mol. The number of benzene rings is 2. The molecule has 0 aromatic heterocycles. The van der Waals surface area contributed by atoms with Crippen LogP contribution in [0.2, 0.25) is 0 Å². The van der Waals surface area contributed by atoms with Crippen molar-refractivity contribution in [2.24, 2.45) is 0 Å². The quantitative estimate of drug-likeness (QED) is 0.843. The summed E-state index contributed by atoms with van der Waals surface area (Å²) < 4.78 is 52.3. The van der Waals surface area contributed by atoms with E-state index in [1.165, 1.54) is 0 Å². The zero-order valence-electron chi connectivity index (χ0n) is 12.3. The lowest BCUT2D eigenvalue weighted by molar-refractivity contribution is -0.163.